The van der Waals surface area contributed by atoms with Crippen LogP contribution >= 0.6 is 0 Å². The molecule has 3 aliphatic carbocycles. The van der Waals surface area contributed by atoms with Crippen LogP contribution in [0.25, 0.3) is 0 Å². The maximum absolute atomic E-state index is 8.35. The van der Waals surface area contributed by atoms with E-state index >= 15 is 0 Å². The van der Waals surface area contributed by atoms with E-state index in [0.29, 0.717) is 16.9 Å². The minimum atomic E-state index is -2.67. The molecule has 0 amide bonds. The summed E-state index contributed by atoms with van der Waals surface area (Å²) >= 11 is 0. The van der Waals surface area contributed by atoms with Crippen LogP contribution in [-0.4, -0.2) is 12.6 Å². The lowest BCUT2D eigenvalue weighted by Crippen LogP contribution is -2.36. The highest BCUT2D eigenvalue weighted by atomic mass is 16.3. The van der Waals surface area contributed by atoms with Gasteiger partial charge in [0.1, 0.15) is 0 Å². The van der Waals surface area contributed by atoms with Crippen LogP contribution in [0.5, 0.6) is 0 Å². The van der Waals surface area contributed by atoms with Gasteiger partial charge in [-0.25, -0.2) is 0 Å². The predicted octanol–water partition coefficient (Wildman–Crippen LogP) is 7.62. The van der Waals surface area contributed by atoms with Gasteiger partial charge in [-0.2, -0.15) is 0 Å². The van der Waals surface area contributed by atoms with Gasteiger partial charge in [-0.05, 0) is 85.9 Å². The highest BCUT2D eigenvalue weighted by Gasteiger charge is 2.50. The summed E-state index contributed by atoms with van der Waals surface area (Å²) in [5, 5.41) is 4.47. The lowest BCUT2D eigenvalue weighted by molar-refractivity contribution is 0.0929. The fourth-order valence-electron chi connectivity index (χ4n) is 6.18. The fraction of sp³-hybridized carbons (Fsp3) is 0.778. The first-order chi connectivity index (χ1) is 15.7. The van der Waals surface area contributed by atoms with Crippen LogP contribution in [0.4, 0.5) is 0 Å². The molecule has 0 aromatic rings. The number of rotatable bonds is 7. The molecule has 5 atom stereocenters. The molecule has 0 aromatic carbocycles. The Bertz CT molecular complexity index is 831. The predicted molar refractivity (Wildman–Crippen MR) is 121 cm³/mol. The zero-order chi connectivity index (χ0) is 25.5. The molecule has 0 saturated heterocycles. The van der Waals surface area contributed by atoms with Gasteiger partial charge in [-0.15, -0.1) is 0 Å². The molecule has 0 spiro atoms. The maximum atomic E-state index is 8.35. The van der Waals surface area contributed by atoms with Gasteiger partial charge < -0.3 is 5.11 Å². The lowest BCUT2D eigenvalue weighted by atomic mass is 9.60. The Hall–Kier alpha value is -0.820. The van der Waals surface area contributed by atoms with E-state index in [1.54, 1.807) is 0 Å². The third-order valence-electron chi connectivity index (χ3n) is 7.76. The molecule has 0 radical (unpaired) electrons. The molecule has 3 rings (SSSR count). The zero-order valence-electron chi connectivity index (χ0n) is 24.4. The van der Waals surface area contributed by atoms with Crippen molar-refractivity contribution in [3.8, 4) is 0 Å². The number of fused-ring (bicyclic) bond motifs is 1. The largest absolute Gasteiger partial charge is 0.393 e. The summed E-state index contributed by atoms with van der Waals surface area (Å²) in [6.07, 6.45) is 6.04. The van der Waals surface area contributed by atoms with Crippen molar-refractivity contribution in [3.05, 3.63) is 35.5 Å². The monoisotopic (exact) mass is 390 g/mol. The third kappa shape index (κ3) is 4.84. The topological polar surface area (TPSA) is 20.2 Å². The number of aliphatic hydroxyl groups is 1. The van der Waals surface area contributed by atoms with Crippen LogP contribution in [0, 0.1) is 29.1 Å². The van der Waals surface area contributed by atoms with Crippen molar-refractivity contribution in [3.63, 3.8) is 0 Å². The minimum absolute atomic E-state index is 0.0518. The van der Waals surface area contributed by atoms with Crippen molar-refractivity contribution in [1.82, 2.24) is 0 Å². The van der Waals surface area contributed by atoms with Gasteiger partial charge in [0.05, 0.1) is 7.45 Å². The average Bonchev–Trinajstić information content (AvgIpc) is 3.12. The van der Waals surface area contributed by atoms with Crippen LogP contribution in [-0.2, 0) is 0 Å². The van der Waals surface area contributed by atoms with Crippen molar-refractivity contribution in [2.24, 2.45) is 29.1 Å². The Morgan fingerprint density at radius 2 is 2.14 bits per heavy atom. The van der Waals surface area contributed by atoms with E-state index < -0.39 is 18.8 Å². The van der Waals surface area contributed by atoms with Crippen LogP contribution < -0.4 is 0 Å². The van der Waals surface area contributed by atoms with E-state index in [4.69, 9.17) is 8.28 Å². The molecule has 0 aromatic heterocycles. The van der Waals surface area contributed by atoms with E-state index in [0.717, 1.165) is 30.6 Å². The Morgan fingerprint density at radius 1 is 1.32 bits per heavy atom. The Kier molecular flexibility index (Phi) is 5.02. The highest BCUT2D eigenvalue weighted by Crippen LogP contribution is 2.59. The molecule has 0 bridgehead atoms. The van der Waals surface area contributed by atoms with E-state index in [2.05, 4.69) is 45.5 Å². The summed E-state index contributed by atoms with van der Waals surface area (Å²) < 4.78 is 48.5. The van der Waals surface area contributed by atoms with Crippen molar-refractivity contribution in [2.45, 2.75) is 104 Å². The van der Waals surface area contributed by atoms with Crippen LogP contribution in [0.15, 0.2) is 35.5 Å². The Labute approximate surface area is 182 Å². The van der Waals surface area contributed by atoms with Crippen LogP contribution in [0.1, 0.15) is 105 Å². The Morgan fingerprint density at radius 3 is 2.89 bits per heavy atom. The molecule has 3 saturated carbocycles. The second-order valence-corrected chi connectivity index (χ2v) is 10.2. The minimum Gasteiger partial charge on any atom is -0.393 e. The van der Waals surface area contributed by atoms with Gasteiger partial charge in [-0.1, -0.05) is 76.8 Å². The summed E-state index contributed by atoms with van der Waals surface area (Å²) in [5.41, 5.74) is 2.20. The highest BCUT2D eigenvalue weighted by molar-refractivity contribution is 5.36. The molecule has 3 aliphatic rings. The van der Waals surface area contributed by atoms with Gasteiger partial charge in [0, 0.05) is 5.48 Å². The lowest BCUT2D eigenvalue weighted by Gasteiger charge is -2.44. The van der Waals surface area contributed by atoms with Crippen molar-refractivity contribution in [1.29, 1.82) is 1.43 Å². The molecule has 1 unspecified atom stereocenters. The summed E-state index contributed by atoms with van der Waals surface area (Å²) in [6.45, 7) is 13.4. The molecule has 0 aliphatic heterocycles. The molecule has 1 heteroatoms. The van der Waals surface area contributed by atoms with E-state index in [1.165, 1.54) is 44.1 Å². The summed E-state index contributed by atoms with van der Waals surface area (Å²) in [6, 6.07) is 0. The standard InChI is InChI=1S/C27H44O/c1-19(2)8-6-9-21(4)25-15-16-26-22(10-7-17-27(25,26)5)12-13-23-18-24(28)14-11-20(23)3/h12-13,19,21,24-26,28H,3,6-11,14-18H2,1-2,4-5H3/b22-12?,23-13-/t21-,24+,25-,26?,27-/m1/s1/i11D2,14D2,24D,28D. The molecule has 1 nitrogen and oxygen atoms in total. The summed E-state index contributed by atoms with van der Waals surface area (Å²) in [4.78, 5) is 0. The molecule has 28 heavy (non-hydrogen) atoms. The van der Waals surface area contributed by atoms with Crippen molar-refractivity contribution < 1.29 is 12.0 Å². The molecular formula is C27H44O. The van der Waals surface area contributed by atoms with Gasteiger partial charge in [0.25, 0.3) is 0 Å². The zero-order valence-corrected chi connectivity index (χ0v) is 18.4. The fourth-order valence-corrected chi connectivity index (χ4v) is 6.18. The van der Waals surface area contributed by atoms with Crippen molar-refractivity contribution >= 4 is 0 Å². The molecule has 3 fully saturated rings. The Balaban J connectivity index is 1.82. The molecular weight excluding hydrogens is 340 g/mol. The molecule has 0 heterocycles. The second kappa shape index (κ2) is 9.33. The first-order valence-corrected chi connectivity index (χ1v) is 11.4. The normalized spacial score (nSPS) is 47.0. The van der Waals surface area contributed by atoms with Crippen molar-refractivity contribution in [2.75, 3.05) is 0 Å². The third-order valence-corrected chi connectivity index (χ3v) is 7.76. The average molecular weight is 391 g/mol. The maximum Gasteiger partial charge on any atom is 0.210 e. The van der Waals surface area contributed by atoms with Gasteiger partial charge in [0.15, 0.2) is 0 Å². The van der Waals surface area contributed by atoms with Gasteiger partial charge in [0.2, 0.25) is 1.43 Å². The summed E-state index contributed by atoms with van der Waals surface area (Å²) in [5.74, 6) is 2.72. The number of hydrogen-bond acceptors (Lipinski definition) is 1. The second-order valence-electron chi connectivity index (χ2n) is 10.2. The van der Waals surface area contributed by atoms with E-state index in [1.807, 2.05) is 6.08 Å². The number of hydrogen-bond donors (Lipinski definition) is 1. The molecule has 158 valence electrons. The smallest absolute Gasteiger partial charge is 0.210 e. The summed E-state index contributed by atoms with van der Waals surface area (Å²) in [7, 11) is 0. The number of allylic oxidation sites excluding steroid dienone is 4. The first-order valence-electron chi connectivity index (χ1n) is 14.4. The van der Waals surface area contributed by atoms with Crippen LogP contribution in [0.2, 0.25) is 0 Å². The van der Waals surface area contributed by atoms with E-state index in [-0.39, 0.29) is 12.0 Å². The molecule has 1 N–H and O–H groups in total. The van der Waals surface area contributed by atoms with Gasteiger partial charge in [-0.3, -0.25) is 0 Å². The first kappa shape index (κ1) is 15.1. The SMILES string of the molecule is [2H]O[C@]1([2H])C/C(=C/C=C2CCC[C@@]3(C)C2CC[C@@H]3[C@H](C)CCCC(C)C)C(=C)C([2H])([2H])C1([2H])[2H]. The van der Waals surface area contributed by atoms with Gasteiger partial charge >= 0.3 is 0 Å². The van der Waals surface area contributed by atoms with Crippen LogP contribution in [0.3, 0.4) is 0 Å². The quantitative estimate of drug-likeness (QED) is 0.474. The van der Waals surface area contributed by atoms with E-state index in [9.17, 15) is 0 Å².